The first-order valence-corrected chi connectivity index (χ1v) is 6.06. The number of likely N-dealkylation sites (tertiary alicyclic amines) is 1. The lowest BCUT2D eigenvalue weighted by molar-refractivity contribution is -0.142. The molecule has 102 valence electrons. The van der Waals surface area contributed by atoms with Gasteiger partial charge in [-0.25, -0.2) is 4.79 Å². The fourth-order valence-corrected chi connectivity index (χ4v) is 1.82. The average Bonchev–Trinajstić information content (AvgIpc) is 2.37. The number of amides is 1. The van der Waals surface area contributed by atoms with Crippen LogP contribution in [-0.4, -0.2) is 40.8 Å². The van der Waals surface area contributed by atoms with Crippen molar-refractivity contribution in [2.24, 2.45) is 5.92 Å². The SMILES string of the molecule is C=C1CCN(C(=O)OC(C)(C)C)CC(C(=O)O)C1. The first kappa shape index (κ1) is 14.5. The van der Waals surface area contributed by atoms with Crippen LogP contribution in [0.15, 0.2) is 12.2 Å². The van der Waals surface area contributed by atoms with E-state index in [-0.39, 0.29) is 6.54 Å². The van der Waals surface area contributed by atoms with Crippen molar-refractivity contribution in [3.8, 4) is 0 Å². The summed E-state index contributed by atoms with van der Waals surface area (Å²) in [6.45, 7) is 9.85. The zero-order chi connectivity index (χ0) is 13.9. The first-order valence-electron chi connectivity index (χ1n) is 6.06. The number of rotatable bonds is 1. The van der Waals surface area contributed by atoms with E-state index in [0.717, 1.165) is 5.57 Å². The van der Waals surface area contributed by atoms with E-state index in [2.05, 4.69) is 6.58 Å². The van der Waals surface area contributed by atoms with Crippen LogP contribution in [0.3, 0.4) is 0 Å². The van der Waals surface area contributed by atoms with Gasteiger partial charge in [0, 0.05) is 13.1 Å². The molecule has 1 fully saturated rings. The Balaban J connectivity index is 2.73. The molecule has 0 spiro atoms. The number of carbonyl (C=O) groups excluding carboxylic acids is 1. The van der Waals surface area contributed by atoms with Crippen molar-refractivity contribution >= 4 is 12.1 Å². The lowest BCUT2D eigenvalue weighted by Crippen LogP contribution is -2.40. The van der Waals surface area contributed by atoms with E-state index in [9.17, 15) is 9.59 Å². The van der Waals surface area contributed by atoms with Gasteiger partial charge < -0.3 is 14.7 Å². The van der Waals surface area contributed by atoms with Crippen molar-refractivity contribution in [3.05, 3.63) is 12.2 Å². The van der Waals surface area contributed by atoms with Gasteiger partial charge in [0.2, 0.25) is 0 Å². The molecule has 1 heterocycles. The van der Waals surface area contributed by atoms with Gasteiger partial charge >= 0.3 is 12.1 Å². The van der Waals surface area contributed by atoms with E-state index >= 15 is 0 Å². The Morgan fingerprint density at radius 3 is 2.56 bits per heavy atom. The van der Waals surface area contributed by atoms with Gasteiger partial charge in [-0.3, -0.25) is 4.79 Å². The molecule has 0 aliphatic carbocycles. The highest BCUT2D eigenvalue weighted by Gasteiger charge is 2.30. The van der Waals surface area contributed by atoms with E-state index < -0.39 is 23.6 Å². The number of nitrogens with zero attached hydrogens (tertiary/aromatic N) is 1. The minimum Gasteiger partial charge on any atom is -0.481 e. The molecule has 1 unspecified atom stereocenters. The maximum absolute atomic E-state index is 11.9. The maximum Gasteiger partial charge on any atom is 0.410 e. The Kier molecular flexibility index (Phi) is 4.38. The highest BCUT2D eigenvalue weighted by molar-refractivity contribution is 5.73. The number of carbonyl (C=O) groups is 2. The Bertz CT molecular complexity index is 356. The summed E-state index contributed by atoms with van der Waals surface area (Å²) in [7, 11) is 0. The molecule has 5 heteroatoms. The second kappa shape index (κ2) is 5.42. The quantitative estimate of drug-likeness (QED) is 0.730. The third-order valence-corrected chi connectivity index (χ3v) is 2.71. The second-order valence-electron chi connectivity index (χ2n) is 5.67. The van der Waals surface area contributed by atoms with E-state index in [1.54, 1.807) is 20.8 Å². The van der Waals surface area contributed by atoms with Gasteiger partial charge in [0.15, 0.2) is 0 Å². The third kappa shape index (κ3) is 4.39. The van der Waals surface area contributed by atoms with Crippen LogP contribution < -0.4 is 0 Å². The molecule has 0 bridgehead atoms. The van der Waals surface area contributed by atoms with Crippen LogP contribution in [0.2, 0.25) is 0 Å². The van der Waals surface area contributed by atoms with E-state index in [4.69, 9.17) is 9.84 Å². The highest BCUT2D eigenvalue weighted by atomic mass is 16.6. The van der Waals surface area contributed by atoms with Crippen LogP contribution in [0.1, 0.15) is 33.6 Å². The second-order valence-corrected chi connectivity index (χ2v) is 5.67. The average molecular weight is 255 g/mol. The summed E-state index contributed by atoms with van der Waals surface area (Å²) in [4.78, 5) is 24.5. The molecule has 18 heavy (non-hydrogen) atoms. The first-order chi connectivity index (χ1) is 8.19. The summed E-state index contributed by atoms with van der Waals surface area (Å²) in [5.41, 5.74) is 0.299. The number of carboxylic acids is 1. The van der Waals surface area contributed by atoms with Crippen LogP contribution in [0.25, 0.3) is 0 Å². The van der Waals surface area contributed by atoms with Gasteiger partial charge in [-0.05, 0) is 33.6 Å². The summed E-state index contributed by atoms with van der Waals surface area (Å²) in [5, 5.41) is 9.09. The molecule has 5 nitrogen and oxygen atoms in total. The van der Waals surface area contributed by atoms with Crippen LogP contribution >= 0.6 is 0 Å². The standard InChI is InChI=1S/C13H21NO4/c1-9-5-6-14(8-10(7-9)11(15)16)12(17)18-13(2,3)4/h10H,1,5-8H2,2-4H3,(H,15,16). The fourth-order valence-electron chi connectivity index (χ4n) is 1.82. The van der Waals surface area contributed by atoms with Crippen molar-refractivity contribution in [1.82, 2.24) is 4.90 Å². The molecule has 0 saturated carbocycles. The molecular weight excluding hydrogens is 234 g/mol. The minimum atomic E-state index is -0.897. The lowest BCUT2D eigenvalue weighted by Gasteiger charge is -2.27. The van der Waals surface area contributed by atoms with Gasteiger partial charge in [-0.1, -0.05) is 12.2 Å². The predicted octanol–water partition coefficient (Wildman–Crippen LogP) is 2.27. The number of hydrogen-bond donors (Lipinski definition) is 1. The highest BCUT2D eigenvalue weighted by Crippen LogP contribution is 2.22. The number of ether oxygens (including phenoxy) is 1. The number of aliphatic carboxylic acids is 1. The molecule has 0 aromatic heterocycles. The minimum absolute atomic E-state index is 0.184. The van der Waals surface area contributed by atoms with Crippen molar-refractivity contribution in [3.63, 3.8) is 0 Å². The number of hydrogen-bond acceptors (Lipinski definition) is 3. The van der Waals surface area contributed by atoms with Crippen LogP contribution in [0.4, 0.5) is 4.79 Å². The van der Waals surface area contributed by atoms with Gasteiger partial charge in [0.1, 0.15) is 5.60 Å². The van der Waals surface area contributed by atoms with E-state index in [1.807, 2.05) is 0 Å². The molecular formula is C13H21NO4. The molecule has 1 rings (SSSR count). The zero-order valence-electron chi connectivity index (χ0n) is 11.2. The van der Waals surface area contributed by atoms with Gasteiger partial charge in [0.25, 0.3) is 0 Å². The summed E-state index contributed by atoms with van der Waals surface area (Å²) in [6.07, 6.45) is 0.598. The molecule has 1 amide bonds. The zero-order valence-corrected chi connectivity index (χ0v) is 11.2. The Hall–Kier alpha value is -1.52. The Morgan fingerprint density at radius 2 is 2.06 bits per heavy atom. The van der Waals surface area contributed by atoms with E-state index in [1.165, 1.54) is 4.90 Å². The van der Waals surface area contributed by atoms with E-state index in [0.29, 0.717) is 19.4 Å². The van der Waals surface area contributed by atoms with Gasteiger partial charge in [-0.15, -0.1) is 0 Å². The molecule has 1 atom stereocenters. The smallest absolute Gasteiger partial charge is 0.410 e. The monoisotopic (exact) mass is 255 g/mol. The molecule has 1 saturated heterocycles. The van der Waals surface area contributed by atoms with Crippen LogP contribution in [0.5, 0.6) is 0 Å². The van der Waals surface area contributed by atoms with Crippen molar-refractivity contribution in [1.29, 1.82) is 0 Å². The molecule has 1 aliphatic heterocycles. The third-order valence-electron chi connectivity index (χ3n) is 2.71. The summed E-state index contributed by atoms with van der Waals surface area (Å²) >= 11 is 0. The van der Waals surface area contributed by atoms with Crippen molar-refractivity contribution in [2.45, 2.75) is 39.2 Å². The molecule has 1 N–H and O–H groups in total. The number of carboxylic acid groups (broad SMARTS) is 1. The summed E-state index contributed by atoms with van der Waals surface area (Å²) in [6, 6.07) is 0. The van der Waals surface area contributed by atoms with Crippen LogP contribution in [-0.2, 0) is 9.53 Å². The van der Waals surface area contributed by atoms with Crippen molar-refractivity contribution < 1.29 is 19.4 Å². The summed E-state index contributed by atoms with van der Waals surface area (Å²) in [5.74, 6) is -1.49. The van der Waals surface area contributed by atoms with Crippen LogP contribution in [0, 0.1) is 5.92 Å². The topological polar surface area (TPSA) is 66.8 Å². The maximum atomic E-state index is 11.9. The Labute approximate surface area is 107 Å². The van der Waals surface area contributed by atoms with Crippen molar-refractivity contribution in [2.75, 3.05) is 13.1 Å². The Morgan fingerprint density at radius 1 is 1.44 bits per heavy atom. The normalized spacial score (nSPS) is 21.4. The largest absolute Gasteiger partial charge is 0.481 e. The van der Waals surface area contributed by atoms with Gasteiger partial charge in [0.05, 0.1) is 5.92 Å². The molecule has 0 radical (unpaired) electrons. The predicted molar refractivity (Wildman–Crippen MR) is 67.3 cm³/mol. The summed E-state index contributed by atoms with van der Waals surface area (Å²) < 4.78 is 5.26. The molecule has 0 aromatic rings. The lowest BCUT2D eigenvalue weighted by atomic mass is 10.0. The van der Waals surface area contributed by atoms with Gasteiger partial charge in [-0.2, -0.15) is 0 Å². The molecule has 1 aliphatic rings. The fraction of sp³-hybridized carbons (Fsp3) is 0.692. The molecule has 0 aromatic carbocycles.